The van der Waals surface area contributed by atoms with Crippen molar-refractivity contribution in [2.45, 2.75) is 32.6 Å². The first-order valence-electron chi connectivity index (χ1n) is 7.26. The summed E-state index contributed by atoms with van der Waals surface area (Å²) in [5.41, 5.74) is 1.49. The Morgan fingerprint density at radius 1 is 1.25 bits per heavy atom. The lowest BCUT2D eigenvalue weighted by molar-refractivity contribution is 0.0860. The third-order valence-corrected chi connectivity index (χ3v) is 4.11. The number of para-hydroxylation sites is 1. The molecule has 1 aromatic heterocycles. The molecular weight excluding hydrogens is 250 g/mol. The van der Waals surface area contributed by atoms with Crippen LogP contribution in [0.2, 0.25) is 0 Å². The summed E-state index contributed by atoms with van der Waals surface area (Å²) in [5, 5.41) is 7.99. The van der Waals surface area contributed by atoms with E-state index in [4.69, 9.17) is 0 Å². The van der Waals surface area contributed by atoms with Crippen molar-refractivity contribution in [3.63, 3.8) is 0 Å². The number of benzene rings is 1. The number of ketones is 1. The van der Waals surface area contributed by atoms with Crippen molar-refractivity contribution in [2.24, 2.45) is 11.8 Å². The maximum Gasteiger partial charge on any atom is 0.186 e. The fourth-order valence-electron chi connectivity index (χ4n) is 3.04. The zero-order valence-electron chi connectivity index (χ0n) is 11.7. The van der Waals surface area contributed by atoms with Crippen LogP contribution in [0.25, 0.3) is 5.69 Å². The molecule has 3 rings (SSSR count). The molecule has 1 saturated carbocycles. The molecule has 2 unspecified atom stereocenters. The SMILES string of the molecule is CC1CCCC(C(=O)c2cnnn2-c2ccccc2)C1. The Hall–Kier alpha value is -1.97. The van der Waals surface area contributed by atoms with E-state index in [-0.39, 0.29) is 11.7 Å². The van der Waals surface area contributed by atoms with Gasteiger partial charge in [-0.3, -0.25) is 4.79 Å². The second-order valence-electron chi connectivity index (χ2n) is 5.70. The van der Waals surface area contributed by atoms with E-state index in [1.165, 1.54) is 6.42 Å². The summed E-state index contributed by atoms with van der Waals surface area (Å²) in [4.78, 5) is 12.7. The monoisotopic (exact) mass is 269 g/mol. The lowest BCUT2D eigenvalue weighted by Gasteiger charge is -2.25. The van der Waals surface area contributed by atoms with E-state index >= 15 is 0 Å². The summed E-state index contributed by atoms with van der Waals surface area (Å²) in [6, 6.07) is 9.70. The quantitative estimate of drug-likeness (QED) is 0.803. The molecule has 0 radical (unpaired) electrons. The van der Waals surface area contributed by atoms with Gasteiger partial charge >= 0.3 is 0 Å². The fourth-order valence-corrected chi connectivity index (χ4v) is 3.04. The third kappa shape index (κ3) is 2.50. The zero-order chi connectivity index (χ0) is 13.9. The largest absolute Gasteiger partial charge is 0.292 e. The number of carbonyl (C=O) groups is 1. The number of hydrogen-bond acceptors (Lipinski definition) is 3. The number of rotatable bonds is 3. The maximum atomic E-state index is 12.7. The summed E-state index contributed by atoms with van der Waals surface area (Å²) >= 11 is 0. The Labute approximate surface area is 118 Å². The number of Topliss-reactive ketones (excluding diaryl/α,β-unsaturated/α-hetero) is 1. The van der Waals surface area contributed by atoms with E-state index in [0.29, 0.717) is 11.6 Å². The predicted octanol–water partition coefficient (Wildman–Crippen LogP) is 3.28. The first-order chi connectivity index (χ1) is 9.75. The molecule has 0 aliphatic heterocycles. The molecule has 0 amide bonds. The first-order valence-corrected chi connectivity index (χ1v) is 7.26. The minimum atomic E-state index is 0.125. The van der Waals surface area contributed by atoms with Crippen molar-refractivity contribution >= 4 is 5.78 Å². The van der Waals surface area contributed by atoms with Gasteiger partial charge in [0.1, 0.15) is 5.69 Å². The zero-order valence-corrected chi connectivity index (χ0v) is 11.7. The molecule has 1 fully saturated rings. The Kier molecular flexibility index (Phi) is 3.63. The molecular formula is C16H19N3O. The highest BCUT2D eigenvalue weighted by Gasteiger charge is 2.28. The lowest BCUT2D eigenvalue weighted by Crippen LogP contribution is -2.24. The molecule has 1 heterocycles. The van der Waals surface area contributed by atoms with Gasteiger partial charge in [0.2, 0.25) is 0 Å². The van der Waals surface area contributed by atoms with Gasteiger partial charge in [-0.1, -0.05) is 43.2 Å². The fraction of sp³-hybridized carbons (Fsp3) is 0.438. The molecule has 0 saturated heterocycles. The van der Waals surface area contributed by atoms with Gasteiger partial charge in [0.25, 0.3) is 0 Å². The molecule has 0 bridgehead atoms. The summed E-state index contributed by atoms with van der Waals surface area (Å²) in [5.74, 6) is 0.948. The van der Waals surface area contributed by atoms with Crippen LogP contribution in [0.15, 0.2) is 36.5 Å². The highest BCUT2D eigenvalue weighted by molar-refractivity contribution is 5.96. The minimum absolute atomic E-state index is 0.125. The van der Waals surface area contributed by atoms with Crippen molar-refractivity contribution in [3.8, 4) is 5.69 Å². The Morgan fingerprint density at radius 2 is 2.05 bits per heavy atom. The van der Waals surface area contributed by atoms with Crippen LogP contribution >= 0.6 is 0 Å². The molecule has 1 aromatic carbocycles. The van der Waals surface area contributed by atoms with Crippen molar-refractivity contribution in [2.75, 3.05) is 0 Å². The van der Waals surface area contributed by atoms with Crippen LogP contribution in [0.4, 0.5) is 0 Å². The van der Waals surface area contributed by atoms with Gasteiger partial charge in [0.05, 0.1) is 11.9 Å². The van der Waals surface area contributed by atoms with Crippen molar-refractivity contribution in [3.05, 3.63) is 42.2 Å². The van der Waals surface area contributed by atoms with E-state index in [0.717, 1.165) is 24.9 Å². The predicted molar refractivity (Wildman–Crippen MR) is 76.8 cm³/mol. The number of nitrogens with zero attached hydrogens (tertiary/aromatic N) is 3. The molecule has 1 aliphatic rings. The molecule has 0 N–H and O–H groups in total. The van der Waals surface area contributed by atoms with Crippen LogP contribution < -0.4 is 0 Å². The molecule has 2 aromatic rings. The number of carbonyl (C=O) groups excluding carboxylic acids is 1. The van der Waals surface area contributed by atoms with Crippen molar-refractivity contribution in [1.29, 1.82) is 0 Å². The first kappa shape index (κ1) is 13.0. The lowest BCUT2D eigenvalue weighted by atomic mass is 9.79. The molecule has 1 aliphatic carbocycles. The second kappa shape index (κ2) is 5.57. The Morgan fingerprint density at radius 3 is 2.80 bits per heavy atom. The van der Waals surface area contributed by atoms with Crippen LogP contribution in [0, 0.1) is 11.8 Å². The summed E-state index contributed by atoms with van der Waals surface area (Å²) in [6.45, 7) is 2.23. The van der Waals surface area contributed by atoms with Gasteiger partial charge < -0.3 is 0 Å². The highest BCUT2D eigenvalue weighted by atomic mass is 16.1. The molecule has 2 atom stereocenters. The topological polar surface area (TPSA) is 47.8 Å². The van der Waals surface area contributed by atoms with E-state index < -0.39 is 0 Å². The van der Waals surface area contributed by atoms with E-state index in [1.807, 2.05) is 30.3 Å². The summed E-state index contributed by atoms with van der Waals surface area (Å²) in [7, 11) is 0. The Balaban J connectivity index is 1.88. The van der Waals surface area contributed by atoms with Gasteiger partial charge in [-0.25, -0.2) is 4.68 Å². The average Bonchev–Trinajstić information content (AvgIpc) is 2.97. The molecule has 20 heavy (non-hydrogen) atoms. The van der Waals surface area contributed by atoms with Crippen molar-refractivity contribution in [1.82, 2.24) is 15.0 Å². The molecule has 104 valence electrons. The van der Waals surface area contributed by atoms with Gasteiger partial charge in [0.15, 0.2) is 5.78 Å². The van der Waals surface area contributed by atoms with Crippen LogP contribution in [-0.4, -0.2) is 20.8 Å². The highest BCUT2D eigenvalue weighted by Crippen LogP contribution is 2.31. The van der Waals surface area contributed by atoms with E-state index in [9.17, 15) is 4.79 Å². The number of hydrogen-bond donors (Lipinski definition) is 0. The van der Waals surface area contributed by atoms with Crippen molar-refractivity contribution < 1.29 is 4.79 Å². The van der Waals surface area contributed by atoms with Crippen LogP contribution in [0.5, 0.6) is 0 Å². The molecule has 0 spiro atoms. The molecule has 4 heteroatoms. The summed E-state index contributed by atoms with van der Waals surface area (Å²) < 4.78 is 1.65. The van der Waals surface area contributed by atoms with Gasteiger partial charge in [-0.15, -0.1) is 5.10 Å². The third-order valence-electron chi connectivity index (χ3n) is 4.11. The smallest absolute Gasteiger partial charge is 0.186 e. The van der Waals surface area contributed by atoms with Gasteiger partial charge in [0, 0.05) is 5.92 Å². The minimum Gasteiger partial charge on any atom is -0.292 e. The van der Waals surface area contributed by atoms with E-state index in [2.05, 4.69) is 17.2 Å². The van der Waals surface area contributed by atoms with Gasteiger partial charge in [-0.05, 0) is 30.9 Å². The summed E-state index contributed by atoms with van der Waals surface area (Å²) in [6.07, 6.45) is 5.95. The van der Waals surface area contributed by atoms with Gasteiger partial charge in [-0.2, -0.15) is 0 Å². The maximum absolute atomic E-state index is 12.7. The standard InChI is InChI=1S/C16H19N3O/c1-12-6-5-7-13(10-12)16(20)15-11-17-18-19(15)14-8-3-2-4-9-14/h2-4,8-9,11-13H,5-7,10H2,1H3. The average molecular weight is 269 g/mol. The molecule has 4 nitrogen and oxygen atoms in total. The van der Waals surface area contributed by atoms with Crippen LogP contribution in [0.1, 0.15) is 43.1 Å². The normalized spacial score (nSPS) is 22.6. The van der Waals surface area contributed by atoms with Crippen LogP contribution in [-0.2, 0) is 0 Å². The van der Waals surface area contributed by atoms with Crippen LogP contribution in [0.3, 0.4) is 0 Å². The second-order valence-corrected chi connectivity index (χ2v) is 5.70. The van der Waals surface area contributed by atoms with E-state index in [1.54, 1.807) is 10.9 Å². The number of aromatic nitrogens is 3. The Bertz CT molecular complexity index is 591.